The van der Waals surface area contributed by atoms with Gasteiger partial charge in [0.1, 0.15) is 41.8 Å². The van der Waals surface area contributed by atoms with E-state index in [1.807, 2.05) is 22.6 Å². The summed E-state index contributed by atoms with van der Waals surface area (Å²) < 4.78 is 45.7. The van der Waals surface area contributed by atoms with Crippen LogP contribution in [0.15, 0.2) is 56.2 Å². The van der Waals surface area contributed by atoms with Crippen LogP contribution in [-0.4, -0.2) is 294 Å². The van der Waals surface area contributed by atoms with E-state index in [0.717, 1.165) is 9.80 Å². The molecule has 7 heterocycles. The Balaban J connectivity index is -0.000000258. The standard InChI is InChI=1S/C18H31N3O7.C18H29N3O6.C11H17N3O3.C10H18N2O4.C7H6N4O.C7H15NO2.CH3I.4CH4.ClH.2Na/c1-7-27-14(24)18(5,6)11-19-15(25)21-9-8-20(10-12(21)13(22)23)16(26)28-17(2,3)4;1-7-26-14(23)18(5,6)11-21-13(22)12-10-19(8-9-20(12)15(21)24)16(25)27-17(2,3)4;1-4-17-9(15)11(2,3)7-13-10(16)14-6-5-12-8-14;1-10(2,3)16-9(15)12-5-4-11-7(6-12)8(13)14;12-7(10-3-1-8-5-10)11-4-2-9-6-11;1-4-10-6(9)7(2,3)5-8;1-2;;;;;;;/h12H,7-11H2,1-6H3,(H,19,25)(H,22,23);12H,7-11H2,1-6H3;5-6,8H,4,7H2,1-3H3,(H,13,16);7,11H,4-6H2,1-3H3,(H,13,14);1-6H;4-5,8H2,1-3H3;1H3;4*1H4;1H;;/q;;;;;;;;;;;;2*+1/p-2/t2*12-;;7-;;;;;;;;;;/m00.0........../s1/i;;;;;;1D;;;;;;;. The average Bonchev–Trinajstić information content (AvgIpc) is 1.61. The fraction of sp³-hybridized carbons (Fsp3) is 0.697. The minimum absolute atomic E-state index is 0. The number of aliphatic carboxylic acids is 2. The molecule has 3 aromatic rings. The van der Waals surface area contributed by atoms with Gasteiger partial charge in [-0.2, -0.15) is 0 Å². The topological polar surface area (TPSA) is 485 Å². The van der Waals surface area contributed by atoms with Gasteiger partial charge in [-0.25, -0.2) is 48.5 Å². The zero-order valence-corrected chi connectivity index (χ0v) is 77.7. The van der Waals surface area contributed by atoms with Gasteiger partial charge in [0.25, 0.3) is 5.91 Å². The number of carbonyl (C=O) groups excluding carboxylic acids is 14. The third-order valence-corrected chi connectivity index (χ3v) is 15.7. The normalized spacial score (nSPS) is 15.5. The number of hydrogen-bond acceptors (Lipinski definition) is 28. The second-order valence-corrected chi connectivity index (χ2v) is 30.7. The number of piperazine rings is 3. The van der Waals surface area contributed by atoms with Crippen LogP contribution in [0.3, 0.4) is 0 Å². The van der Waals surface area contributed by atoms with E-state index in [9.17, 15) is 77.3 Å². The molecule has 672 valence electrons. The number of carboxylic acids is 2. The molecule has 3 aromatic heterocycles. The molecule has 0 unspecified atom stereocenters. The average molecular weight is 1850 g/mol. The number of esters is 4. The van der Waals surface area contributed by atoms with Gasteiger partial charge in [0, 0.05) is 117 Å². The van der Waals surface area contributed by atoms with Gasteiger partial charge in [0.05, 0.1) is 78.7 Å². The summed E-state index contributed by atoms with van der Waals surface area (Å²) in [6.45, 7) is 39.2. The molecule has 0 spiro atoms. The molecule has 119 heavy (non-hydrogen) atoms. The first kappa shape index (κ1) is 122. The van der Waals surface area contributed by atoms with E-state index in [2.05, 4.69) is 30.9 Å². The Morgan fingerprint density at radius 3 is 1.23 bits per heavy atom. The molecule has 0 bridgehead atoms. The maximum Gasteiger partial charge on any atom is 1.00 e. The summed E-state index contributed by atoms with van der Waals surface area (Å²) in [6, 6.07) is -4.50. The summed E-state index contributed by atoms with van der Waals surface area (Å²) in [6.07, 6.45) is 12.0. The molecule has 4 aliphatic heterocycles. The van der Waals surface area contributed by atoms with Crippen molar-refractivity contribution in [2.75, 3.05) is 116 Å². The number of urea groups is 2. The van der Waals surface area contributed by atoms with Crippen LogP contribution in [0, 0.1) is 21.7 Å². The molecule has 7 rings (SSSR count). The number of imide groups is 1. The van der Waals surface area contributed by atoms with Crippen LogP contribution in [0.4, 0.5) is 33.6 Å². The van der Waals surface area contributed by atoms with Crippen LogP contribution in [0.25, 0.3) is 0 Å². The van der Waals surface area contributed by atoms with E-state index < -0.39 is 117 Å². The number of nitrogens with zero attached hydrogens (tertiary/aromatic N) is 12. The Kier molecular flexibility index (Phi) is 59.4. The second kappa shape index (κ2) is 57.8. The first-order chi connectivity index (χ1) is 52.2. The molecule has 0 radical (unpaired) electrons. The number of carboxylic acid groups (broad SMARTS) is 2. The van der Waals surface area contributed by atoms with Crippen molar-refractivity contribution >= 4 is 119 Å². The van der Waals surface area contributed by atoms with Crippen molar-refractivity contribution in [1.82, 2.24) is 74.0 Å². The number of alkyl halides is 1. The van der Waals surface area contributed by atoms with Crippen LogP contribution in [0.2, 0.25) is 0 Å². The van der Waals surface area contributed by atoms with Crippen LogP contribution in [-0.2, 0) is 66.7 Å². The molecule has 4 aliphatic rings. The molecule has 43 heteroatoms. The molecule has 3 atom stereocenters. The van der Waals surface area contributed by atoms with Gasteiger partial charge in [-0.1, -0.05) is 52.3 Å². The Bertz CT molecular complexity index is 3570. The molecule has 4 saturated heterocycles. The van der Waals surface area contributed by atoms with Gasteiger partial charge < -0.3 is 99.1 Å². The van der Waals surface area contributed by atoms with Crippen LogP contribution < -0.4 is 91.0 Å². The minimum Gasteiger partial charge on any atom is -0.548 e. The maximum absolute atomic E-state index is 12.8. The maximum atomic E-state index is 12.8. The van der Waals surface area contributed by atoms with Gasteiger partial charge in [0.15, 0.2) is 0 Å². The van der Waals surface area contributed by atoms with Gasteiger partial charge >= 0.3 is 125 Å². The summed E-state index contributed by atoms with van der Waals surface area (Å²) >= 11 is 1.96. The van der Waals surface area contributed by atoms with Gasteiger partial charge in [-0.15, -0.1) is 12.4 Å². The Hall–Kier alpha value is -7.45. The van der Waals surface area contributed by atoms with Gasteiger partial charge in [0.2, 0.25) is 0 Å². The molecule has 9 amide bonds. The number of carbonyl (C=O) groups is 14. The van der Waals surface area contributed by atoms with Gasteiger partial charge in [-0.05, 0) is 150 Å². The van der Waals surface area contributed by atoms with Crippen LogP contribution >= 0.6 is 35.0 Å². The fourth-order valence-electron chi connectivity index (χ4n) is 9.45. The summed E-state index contributed by atoms with van der Waals surface area (Å²) in [7, 11) is 0. The van der Waals surface area contributed by atoms with Crippen molar-refractivity contribution in [3.63, 3.8) is 0 Å². The van der Waals surface area contributed by atoms with Gasteiger partial charge in [-0.3, -0.25) is 42.6 Å². The molecule has 0 aromatic carbocycles. The number of hydrogen-bond donors (Lipinski definition) is 4. The Morgan fingerprint density at radius 1 is 0.521 bits per heavy atom. The zero-order chi connectivity index (χ0) is 86.8. The largest absolute Gasteiger partial charge is 1.00 e. The first-order valence-electron chi connectivity index (χ1n) is 36.7. The van der Waals surface area contributed by atoms with Crippen molar-refractivity contribution < 1.29 is 171 Å². The van der Waals surface area contributed by atoms with E-state index in [4.69, 9.17) is 40.3 Å². The SMILES string of the molecule is C.C.C.C.CC(C)(C)OC(=O)N1CCN[C@H](C(=O)[O-])C1.CCOC(=O)C(C)(C)CN.CCOC(=O)C(C)(C)CN1C(=O)[C@@H]2CN(C(=O)OC(C)(C)C)CCN2C1=O.CCOC(=O)C(C)(C)CNC(=O)N1CCN(C(=O)OC(C)(C)C)C[C@H]1C(=O)[O-].CCOC(=O)C(C)(C)CNC(=O)n1ccnc1.Cl.O=C(n1ccnc1)n1ccnc1.[2H]CI.[Na+].[Na+]. The molecule has 39 nitrogen and oxygen atoms in total. The Labute approximate surface area is 768 Å². The van der Waals surface area contributed by atoms with E-state index in [0.29, 0.717) is 44.3 Å². The number of nitrogens with one attached hydrogen (secondary N) is 3. The summed E-state index contributed by atoms with van der Waals surface area (Å²) in [5.41, 5.74) is 0.146. The third kappa shape index (κ3) is 43.8. The van der Waals surface area contributed by atoms with Crippen molar-refractivity contribution in [1.29, 1.82) is 0 Å². The third-order valence-electron chi connectivity index (χ3n) is 15.7. The van der Waals surface area contributed by atoms with E-state index in [1.165, 1.54) is 64.7 Å². The summed E-state index contributed by atoms with van der Waals surface area (Å²) in [5, 5.41) is 30.1. The predicted molar refractivity (Wildman–Crippen MR) is 443 cm³/mol. The number of fused-ring (bicyclic) bond motifs is 1. The van der Waals surface area contributed by atoms with E-state index in [-0.39, 0.29) is 197 Å². The smallest absolute Gasteiger partial charge is 0.548 e. The first-order valence-corrected chi connectivity index (χ1v) is 37.5. The van der Waals surface area contributed by atoms with Crippen molar-refractivity contribution in [3.05, 3.63) is 56.2 Å². The number of halogens is 2. The van der Waals surface area contributed by atoms with Crippen molar-refractivity contribution in [2.24, 2.45) is 27.4 Å². The minimum atomic E-state index is -1.48. The number of ether oxygens (including phenoxy) is 7. The zero-order valence-electron chi connectivity index (χ0n) is 71.8. The van der Waals surface area contributed by atoms with E-state index >= 15 is 0 Å². The molecule has 4 fully saturated rings. The number of rotatable bonds is 17. The van der Waals surface area contributed by atoms with Crippen LogP contribution in [0.1, 0.15) is 176 Å². The molecule has 0 saturated carbocycles. The summed E-state index contributed by atoms with van der Waals surface area (Å²) in [5.74, 6) is -4.58. The fourth-order valence-corrected chi connectivity index (χ4v) is 9.45. The van der Waals surface area contributed by atoms with Crippen LogP contribution in [0.5, 0.6) is 0 Å². The second-order valence-electron chi connectivity index (χ2n) is 30.7. The predicted octanol–water partition coefficient (Wildman–Crippen LogP) is 0.547. The van der Waals surface area contributed by atoms with Crippen molar-refractivity contribution in [3.8, 4) is 0 Å². The Morgan fingerprint density at radius 2 is 0.874 bits per heavy atom. The quantitative estimate of drug-likeness (QED) is 0.0358. The monoisotopic (exact) mass is 1850 g/mol. The number of nitrogens with two attached hydrogens (primary N) is 1. The number of imidazole rings is 3. The number of aromatic nitrogens is 6. The molecule has 0 aliphatic carbocycles. The molecular weight excluding hydrogens is 1710 g/mol. The summed E-state index contributed by atoms with van der Waals surface area (Å²) in [4.78, 5) is 185. The van der Waals surface area contributed by atoms with E-state index in [1.54, 1.807) is 170 Å². The number of amides is 9. The molecule has 5 N–H and O–H groups in total. The molecular formula is C76H134ClIN16Na2O23. The van der Waals surface area contributed by atoms with Crippen molar-refractivity contribution in [2.45, 2.75) is 210 Å².